The Kier molecular flexibility index (Phi) is 4.30. The molecule has 0 atom stereocenters. The maximum absolute atomic E-state index is 10.8. The molecule has 1 rings (SSSR count). The fourth-order valence-corrected chi connectivity index (χ4v) is 0.889. The highest BCUT2D eigenvalue weighted by atomic mass is 16.5. The third kappa shape index (κ3) is 4.77. The van der Waals surface area contributed by atoms with E-state index >= 15 is 0 Å². The molecule has 0 radical (unpaired) electrons. The number of rotatable bonds is 6. The smallest absolute Gasteiger partial charge is 0.252 e. The van der Waals surface area contributed by atoms with Crippen molar-refractivity contribution < 1.29 is 9.53 Å². The lowest BCUT2D eigenvalue weighted by atomic mass is 10.5. The first kappa shape index (κ1) is 11.2. The lowest BCUT2D eigenvalue weighted by molar-refractivity contribution is -0.122. The summed E-state index contributed by atoms with van der Waals surface area (Å²) in [7, 11) is 0. The summed E-state index contributed by atoms with van der Waals surface area (Å²) in [5, 5.41) is 2.85. The molecule has 1 aromatic heterocycles. The Morgan fingerprint density at radius 1 is 1.67 bits per heavy atom. The third-order valence-electron chi connectivity index (χ3n) is 1.48. The standard InChI is InChI=1S/C8H12N4O3/c9-6(13)4-15-2-1-10-7-3-8(14)12-5-11-7/h3,5H,1-2,4H2,(H2,9,13)(H2,10,11,12,14). The minimum atomic E-state index is -0.510. The summed E-state index contributed by atoms with van der Waals surface area (Å²) >= 11 is 0. The highest BCUT2D eigenvalue weighted by Gasteiger charge is 1.95. The molecule has 7 nitrogen and oxygen atoms in total. The van der Waals surface area contributed by atoms with Gasteiger partial charge in [-0.3, -0.25) is 9.59 Å². The molecule has 0 saturated heterocycles. The Balaban J connectivity index is 2.20. The zero-order valence-corrected chi connectivity index (χ0v) is 8.03. The van der Waals surface area contributed by atoms with E-state index in [0.717, 1.165) is 0 Å². The predicted molar refractivity (Wildman–Crippen MR) is 53.4 cm³/mol. The van der Waals surface area contributed by atoms with E-state index in [9.17, 15) is 9.59 Å². The van der Waals surface area contributed by atoms with Gasteiger partial charge in [-0.1, -0.05) is 0 Å². The Bertz CT molecular complexity index is 376. The normalized spacial score (nSPS) is 9.87. The molecule has 0 saturated carbocycles. The number of carbonyl (C=O) groups excluding carboxylic acids is 1. The summed E-state index contributed by atoms with van der Waals surface area (Å²) in [6.45, 7) is 0.658. The van der Waals surface area contributed by atoms with Crippen molar-refractivity contribution in [2.75, 3.05) is 25.1 Å². The molecule has 7 heteroatoms. The number of nitrogens with one attached hydrogen (secondary N) is 2. The molecule has 0 aliphatic carbocycles. The quantitative estimate of drug-likeness (QED) is 0.507. The maximum atomic E-state index is 10.8. The summed E-state index contributed by atoms with van der Waals surface area (Å²) in [5.41, 5.74) is 4.63. The van der Waals surface area contributed by atoms with Crippen molar-refractivity contribution in [2.24, 2.45) is 5.73 Å². The van der Waals surface area contributed by atoms with Crippen LogP contribution in [0.2, 0.25) is 0 Å². The summed E-state index contributed by atoms with van der Waals surface area (Å²) in [6, 6.07) is 1.33. The molecule has 0 spiro atoms. The van der Waals surface area contributed by atoms with Gasteiger partial charge in [0.2, 0.25) is 5.91 Å². The van der Waals surface area contributed by atoms with Gasteiger partial charge in [0.05, 0.1) is 12.9 Å². The van der Waals surface area contributed by atoms with Gasteiger partial charge < -0.3 is 20.8 Å². The van der Waals surface area contributed by atoms with Crippen molar-refractivity contribution in [3.63, 3.8) is 0 Å². The summed E-state index contributed by atoms with van der Waals surface area (Å²) in [5.74, 6) is -0.0503. The van der Waals surface area contributed by atoms with E-state index in [1.54, 1.807) is 0 Å². The van der Waals surface area contributed by atoms with Crippen LogP contribution in [0.15, 0.2) is 17.2 Å². The van der Waals surface area contributed by atoms with Crippen molar-refractivity contribution in [3.8, 4) is 0 Å². The molecule has 0 aliphatic heterocycles. The molecule has 0 bridgehead atoms. The molecular weight excluding hydrogens is 200 g/mol. The van der Waals surface area contributed by atoms with Crippen LogP contribution in [0, 0.1) is 0 Å². The largest absolute Gasteiger partial charge is 0.370 e. The molecule has 1 aromatic rings. The molecule has 1 amide bonds. The van der Waals surface area contributed by atoms with E-state index in [0.29, 0.717) is 19.0 Å². The van der Waals surface area contributed by atoms with Crippen LogP contribution >= 0.6 is 0 Å². The number of aromatic nitrogens is 2. The zero-order valence-electron chi connectivity index (χ0n) is 8.03. The van der Waals surface area contributed by atoms with Crippen LogP contribution in [0.1, 0.15) is 0 Å². The lowest BCUT2D eigenvalue weighted by Crippen LogP contribution is -2.21. The number of primary amides is 1. The minimum Gasteiger partial charge on any atom is -0.370 e. The maximum Gasteiger partial charge on any atom is 0.252 e. The number of ether oxygens (including phenoxy) is 1. The number of anilines is 1. The highest BCUT2D eigenvalue weighted by molar-refractivity contribution is 5.74. The van der Waals surface area contributed by atoms with Gasteiger partial charge in [-0.15, -0.1) is 0 Å². The van der Waals surface area contributed by atoms with Crippen LogP contribution in [0.3, 0.4) is 0 Å². The highest BCUT2D eigenvalue weighted by Crippen LogP contribution is 1.92. The molecule has 1 heterocycles. The molecule has 0 aliphatic rings. The molecular formula is C8H12N4O3. The van der Waals surface area contributed by atoms with Gasteiger partial charge in [0.1, 0.15) is 12.4 Å². The topological polar surface area (TPSA) is 110 Å². The number of hydrogen-bond acceptors (Lipinski definition) is 5. The number of hydrogen-bond donors (Lipinski definition) is 3. The number of H-pyrrole nitrogens is 1. The van der Waals surface area contributed by atoms with E-state index in [-0.39, 0.29) is 12.2 Å². The number of nitrogens with two attached hydrogens (primary N) is 1. The minimum absolute atomic E-state index is 0.107. The predicted octanol–water partition coefficient (Wildman–Crippen LogP) is -1.32. The van der Waals surface area contributed by atoms with E-state index in [1.807, 2.05) is 0 Å². The molecule has 0 unspecified atom stereocenters. The van der Waals surface area contributed by atoms with Crippen molar-refractivity contribution >= 4 is 11.7 Å². The number of aromatic amines is 1. The third-order valence-corrected chi connectivity index (χ3v) is 1.48. The van der Waals surface area contributed by atoms with Crippen LogP contribution in [-0.2, 0) is 9.53 Å². The zero-order chi connectivity index (χ0) is 11.1. The van der Waals surface area contributed by atoms with Crippen molar-refractivity contribution in [1.82, 2.24) is 9.97 Å². The van der Waals surface area contributed by atoms with Gasteiger partial charge in [-0.05, 0) is 0 Å². The Labute approximate surface area is 85.7 Å². The van der Waals surface area contributed by atoms with Gasteiger partial charge in [0, 0.05) is 12.6 Å². The molecule has 4 N–H and O–H groups in total. The fourth-order valence-electron chi connectivity index (χ4n) is 0.889. The second-order valence-corrected chi connectivity index (χ2v) is 2.74. The number of amides is 1. The van der Waals surface area contributed by atoms with Crippen LogP contribution in [0.4, 0.5) is 5.82 Å². The fraction of sp³-hybridized carbons (Fsp3) is 0.375. The van der Waals surface area contributed by atoms with E-state index in [1.165, 1.54) is 12.4 Å². The van der Waals surface area contributed by atoms with Crippen molar-refractivity contribution in [1.29, 1.82) is 0 Å². The van der Waals surface area contributed by atoms with Crippen LogP contribution in [-0.4, -0.2) is 35.6 Å². The van der Waals surface area contributed by atoms with Crippen LogP contribution in [0.5, 0.6) is 0 Å². The van der Waals surface area contributed by atoms with Crippen LogP contribution < -0.4 is 16.6 Å². The average Bonchev–Trinajstić information content (AvgIpc) is 2.17. The summed E-state index contributed by atoms with van der Waals surface area (Å²) in [4.78, 5) is 27.4. The van der Waals surface area contributed by atoms with Gasteiger partial charge >= 0.3 is 0 Å². The SMILES string of the molecule is NC(=O)COCCNc1cc(=O)[nH]cn1. The van der Waals surface area contributed by atoms with Gasteiger partial charge in [0.15, 0.2) is 0 Å². The first-order chi connectivity index (χ1) is 7.18. The van der Waals surface area contributed by atoms with Gasteiger partial charge in [-0.25, -0.2) is 4.98 Å². The van der Waals surface area contributed by atoms with Crippen LogP contribution in [0.25, 0.3) is 0 Å². The monoisotopic (exact) mass is 212 g/mol. The Morgan fingerprint density at radius 2 is 2.47 bits per heavy atom. The molecule has 0 aromatic carbocycles. The van der Waals surface area contributed by atoms with Crippen molar-refractivity contribution in [2.45, 2.75) is 0 Å². The Hall–Kier alpha value is -1.89. The van der Waals surface area contributed by atoms with Crippen molar-refractivity contribution in [3.05, 3.63) is 22.7 Å². The van der Waals surface area contributed by atoms with Gasteiger partial charge in [-0.2, -0.15) is 0 Å². The van der Waals surface area contributed by atoms with Gasteiger partial charge in [0.25, 0.3) is 5.56 Å². The average molecular weight is 212 g/mol. The second kappa shape index (κ2) is 5.76. The van der Waals surface area contributed by atoms with E-state index < -0.39 is 5.91 Å². The summed E-state index contributed by atoms with van der Waals surface area (Å²) < 4.78 is 4.90. The molecule has 15 heavy (non-hydrogen) atoms. The van der Waals surface area contributed by atoms with E-state index in [4.69, 9.17) is 10.5 Å². The lowest BCUT2D eigenvalue weighted by Gasteiger charge is -2.04. The molecule has 82 valence electrons. The second-order valence-electron chi connectivity index (χ2n) is 2.74. The Morgan fingerprint density at radius 3 is 3.13 bits per heavy atom. The summed E-state index contributed by atoms with van der Waals surface area (Å²) in [6.07, 6.45) is 1.30. The first-order valence-electron chi connectivity index (χ1n) is 4.33. The number of nitrogens with zero attached hydrogens (tertiary/aromatic N) is 1. The van der Waals surface area contributed by atoms with E-state index in [2.05, 4.69) is 15.3 Å². The first-order valence-corrected chi connectivity index (χ1v) is 4.33. The molecule has 0 fully saturated rings. The number of carbonyl (C=O) groups is 1.